The summed E-state index contributed by atoms with van der Waals surface area (Å²) in [6.07, 6.45) is 2.67. The molecule has 0 unspecified atom stereocenters. The van der Waals surface area contributed by atoms with Crippen molar-refractivity contribution in [2.24, 2.45) is 0 Å². The predicted molar refractivity (Wildman–Crippen MR) is 122 cm³/mol. The number of rotatable bonds is 16. The first-order valence-electron chi connectivity index (χ1n) is 11.1. The van der Waals surface area contributed by atoms with Crippen LogP contribution >= 0.6 is 0 Å². The highest BCUT2D eigenvalue weighted by atomic mass is 16.5. The Morgan fingerprint density at radius 2 is 1.47 bits per heavy atom. The quantitative estimate of drug-likeness (QED) is 0.284. The molecule has 1 aliphatic heterocycles. The number of hydrogen-bond donors (Lipinski definition) is 0. The number of amides is 2. The molecule has 178 valence electrons. The van der Waals surface area contributed by atoms with E-state index in [1.165, 1.54) is 4.90 Å². The minimum atomic E-state index is -0.290. The number of methoxy groups -OCH3 is 3. The number of ether oxygens (including phenoxy) is 4. The molecule has 0 bridgehead atoms. The van der Waals surface area contributed by atoms with Crippen LogP contribution in [0, 0.1) is 0 Å². The van der Waals surface area contributed by atoms with E-state index in [2.05, 4.69) is 6.92 Å². The summed E-state index contributed by atoms with van der Waals surface area (Å²) >= 11 is 0. The first kappa shape index (κ1) is 25.8. The Balaban J connectivity index is 2.30. The molecule has 0 aromatic heterocycles. The summed E-state index contributed by atoms with van der Waals surface area (Å²) in [5.74, 6) is 0.106. The van der Waals surface area contributed by atoms with Gasteiger partial charge in [0.25, 0.3) is 11.8 Å². The summed E-state index contributed by atoms with van der Waals surface area (Å²) in [4.78, 5) is 30.0. The van der Waals surface area contributed by atoms with Gasteiger partial charge in [0.05, 0.1) is 25.9 Å². The zero-order chi connectivity index (χ0) is 23.3. The third kappa shape index (κ3) is 6.79. The van der Waals surface area contributed by atoms with Crippen LogP contribution < -0.4 is 4.74 Å². The van der Waals surface area contributed by atoms with Crippen LogP contribution in [-0.4, -0.2) is 89.0 Å². The third-order valence-electron chi connectivity index (χ3n) is 5.28. The minimum Gasteiger partial charge on any atom is -0.497 e. The number of nitrogens with zero attached hydrogens (tertiary/aromatic N) is 2. The van der Waals surface area contributed by atoms with Gasteiger partial charge in [-0.3, -0.25) is 14.5 Å². The monoisotopic (exact) mass is 448 g/mol. The van der Waals surface area contributed by atoms with Gasteiger partial charge in [-0.2, -0.15) is 0 Å². The molecule has 0 fully saturated rings. The Morgan fingerprint density at radius 3 is 2.03 bits per heavy atom. The fourth-order valence-electron chi connectivity index (χ4n) is 3.49. The maximum Gasteiger partial charge on any atom is 0.277 e. The summed E-state index contributed by atoms with van der Waals surface area (Å²) in [6, 6.07) is 7.19. The average Bonchev–Trinajstić information content (AvgIpc) is 3.06. The van der Waals surface area contributed by atoms with Crippen LogP contribution in [0.4, 0.5) is 0 Å². The van der Waals surface area contributed by atoms with E-state index in [1.807, 2.05) is 17.0 Å². The van der Waals surface area contributed by atoms with Crippen LogP contribution in [0.1, 0.15) is 31.7 Å². The molecule has 8 nitrogen and oxygen atoms in total. The number of carbonyl (C=O) groups excluding carboxylic acids is 2. The van der Waals surface area contributed by atoms with Gasteiger partial charge in [0.15, 0.2) is 0 Å². The highest BCUT2D eigenvalue weighted by Gasteiger charge is 2.41. The number of carbonyl (C=O) groups is 2. The van der Waals surface area contributed by atoms with Crippen molar-refractivity contribution in [3.05, 3.63) is 35.5 Å². The summed E-state index contributed by atoms with van der Waals surface area (Å²) in [6.45, 7) is 5.44. The first-order valence-corrected chi connectivity index (χ1v) is 11.1. The van der Waals surface area contributed by atoms with Crippen LogP contribution in [0.15, 0.2) is 30.0 Å². The molecule has 1 heterocycles. The molecule has 0 aliphatic carbocycles. The Labute approximate surface area is 191 Å². The summed E-state index contributed by atoms with van der Waals surface area (Å²) < 4.78 is 21.3. The highest BCUT2D eigenvalue weighted by Crippen LogP contribution is 2.32. The van der Waals surface area contributed by atoms with E-state index < -0.39 is 0 Å². The standard InChI is InChI=1S/C24H36N2O6/c1-5-6-15-32-16-7-12-26-23(27)21(19-8-10-20(31-4)11-9-19)22(24(26)28)25(13-17-29-2)14-18-30-3/h8-11H,5-7,12-18H2,1-4H3. The van der Waals surface area contributed by atoms with Gasteiger partial charge < -0.3 is 23.8 Å². The van der Waals surface area contributed by atoms with Gasteiger partial charge >= 0.3 is 0 Å². The molecule has 0 spiro atoms. The van der Waals surface area contributed by atoms with Crippen molar-refractivity contribution in [1.82, 2.24) is 9.80 Å². The van der Waals surface area contributed by atoms with Gasteiger partial charge in [0, 0.05) is 47.1 Å². The van der Waals surface area contributed by atoms with Gasteiger partial charge in [-0.25, -0.2) is 0 Å². The first-order chi connectivity index (χ1) is 15.6. The SMILES string of the molecule is CCCCOCCCN1C(=O)C(c2ccc(OC)cc2)=C(N(CCOC)CCOC)C1=O. The van der Waals surface area contributed by atoms with Crippen LogP contribution in [0.25, 0.3) is 5.57 Å². The van der Waals surface area contributed by atoms with E-state index in [1.54, 1.807) is 33.5 Å². The predicted octanol–water partition coefficient (Wildman–Crippen LogP) is 2.58. The maximum atomic E-state index is 13.4. The smallest absolute Gasteiger partial charge is 0.277 e. The molecular weight excluding hydrogens is 412 g/mol. The molecule has 2 amide bonds. The van der Waals surface area contributed by atoms with Crippen molar-refractivity contribution in [2.75, 3.05) is 67.4 Å². The largest absolute Gasteiger partial charge is 0.497 e. The Morgan fingerprint density at radius 1 is 0.844 bits per heavy atom. The molecule has 1 aliphatic rings. The lowest BCUT2D eigenvalue weighted by Gasteiger charge is -2.25. The lowest BCUT2D eigenvalue weighted by molar-refractivity contribution is -0.137. The molecule has 0 saturated carbocycles. The molecule has 32 heavy (non-hydrogen) atoms. The molecule has 1 aromatic rings. The van der Waals surface area contributed by atoms with Gasteiger partial charge in [0.1, 0.15) is 11.4 Å². The van der Waals surface area contributed by atoms with Crippen molar-refractivity contribution < 1.29 is 28.5 Å². The molecular formula is C24H36N2O6. The van der Waals surface area contributed by atoms with Gasteiger partial charge in [-0.15, -0.1) is 0 Å². The Kier molecular flexibility index (Phi) is 11.2. The number of benzene rings is 1. The lowest BCUT2D eigenvalue weighted by Crippen LogP contribution is -2.38. The molecule has 0 saturated heterocycles. The minimum absolute atomic E-state index is 0.288. The van der Waals surface area contributed by atoms with Crippen molar-refractivity contribution in [1.29, 1.82) is 0 Å². The summed E-state index contributed by atoms with van der Waals surface area (Å²) in [7, 11) is 4.81. The summed E-state index contributed by atoms with van der Waals surface area (Å²) in [5, 5.41) is 0. The van der Waals surface area contributed by atoms with Gasteiger partial charge in [-0.1, -0.05) is 25.5 Å². The van der Waals surface area contributed by atoms with Crippen molar-refractivity contribution in [3.63, 3.8) is 0 Å². The number of imide groups is 1. The van der Waals surface area contributed by atoms with E-state index in [-0.39, 0.29) is 11.8 Å². The van der Waals surface area contributed by atoms with Gasteiger partial charge in [0.2, 0.25) is 0 Å². The second-order valence-corrected chi connectivity index (χ2v) is 7.51. The van der Waals surface area contributed by atoms with Crippen LogP contribution in [0.5, 0.6) is 5.75 Å². The molecule has 0 N–H and O–H groups in total. The Bertz CT molecular complexity index is 754. The van der Waals surface area contributed by atoms with E-state index in [0.29, 0.717) is 75.1 Å². The van der Waals surface area contributed by atoms with Gasteiger partial charge in [-0.05, 0) is 30.5 Å². The van der Waals surface area contributed by atoms with Crippen LogP contribution in [0.3, 0.4) is 0 Å². The van der Waals surface area contributed by atoms with E-state index in [4.69, 9.17) is 18.9 Å². The average molecular weight is 449 g/mol. The highest BCUT2D eigenvalue weighted by molar-refractivity contribution is 6.35. The van der Waals surface area contributed by atoms with E-state index in [0.717, 1.165) is 12.8 Å². The normalized spacial score (nSPS) is 13.9. The molecule has 0 radical (unpaired) electrons. The lowest BCUT2D eigenvalue weighted by atomic mass is 10.0. The van der Waals surface area contributed by atoms with Crippen LogP contribution in [-0.2, 0) is 23.8 Å². The van der Waals surface area contributed by atoms with Crippen molar-refractivity contribution in [3.8, 4) is 5.75 Å². The maximum absolute atomic E-state index is 13.4. The molecule has 1 aromatic carbocycles. The fourth-order valence-corrected chi connectivity index (χ4v) is 3.49. The topological polar surface area (TPSA) is 77.5 Å². The van der Waals surface area contributed by atoms with Crippen molar-refractivity contribution in [2.45, 2.75) is 26.2 Å². The van der Waals surface area contributed by atoms with E-state index >= 15 is 0 Å². The van der Waals surface area contributed by atoms with E-state index in [9.17, 15) is 9.59 Å². The fraction of sp³-hybridized carbons (Fsp3) is 0.583. The number of unbranched alkanes of at least 4 members (excludes halogenated alkanes) is 1. The molecule has 8 heteroatoms. The van der Waals surface area contributed by atoms with Crippen molar-refractivity contribution >= 4 is 17.4 Å². The zero-order valence-corrected chi connectivity index (χ0v) is 19.7. The van der Waals surface area contributed by atoms with Crippen LogP contribution in [0.2, 0.25) is 0 Å². The summed E-state index contributed by atoms with van der Waals surface area (Å²) in [5.41, 5.74) is 1.47. The third-order valence-corrected chi connectivity index (χ3v) is 5.28. The Hall–Kier alpha value is -2.42. The molecule has 0 atom stereocenters. The zero-order valence-electron chi connectivity index (χ0n) is 19.7. The molecule has 2 rings (SSSR count). The second kappa shape index (κ2) is 13.9. The second-order valence-electron chi connectivity index (χ2n) is 7.51. The number of hydrogen-bond acceptors (Lipinski definition) is 7.